The second-order valence-electron chi connectivity index (χ2n) is 4.81. The smallest absolute Gasteiger partial charge is 0.0594 e. The van der Waals surface area contributed by atoms with Crippen LogP contribution in [0.4, 0.5) is 0 Å². The zero-order valence-electron chi connectivity index (χ0n) is 10.6. The second kappa shape index (κ2) is 7.24. The number of rotatable bonds is 7. The lowest BCUT2D eigenvalue weighted by Gasteiger charge is -2.20. The van der Waals surface area contributed by atoms with Gasteiger partial charge in [-0.15, -0.1) is 0 Å². The van der Waals surface area contributed by atoms with Crippen LogP contribution in [-0.4, -0.2) is 25.3 Å². The van der Waals surface area contributed by atoms with Gasteiger partial charge in [-0.05, 0) is 25.7 Å². The standard InChI is InChI=1S/C12H27NO/c1-9(2)11(5)13-7-8-14-12(6)10(3)4/h9-13H,7-8H2,1-6H3. The van der Waals surface area contributed by atoms with Crippen molar-refractivity contribution in [1.29, 1.82) is 0 Å². The highest BCUT2D eigenvalue weighted by Gasteiger charge is 2.08. The molecule has 0 saturated heterocycles. The molecule has 1 N–H and O–H groups in total. The Bertz CT molecular complexity index is 118. The summed E-state index contributed by atoms with van der Waals surface area (Å²) in [6, 6.07) is 0.577. The van der Waals surface area contributed by atoms with Gasteiger partial charge in [0.25, 0.3) is 0 Å². The molecule has 0 aliphatic carbocycles. The molecule has 0 aromatic carbocycles. The van der Waals surface area contributed by atoms with Crippen molar-refractivity contribution in [2.45, 2.75) is 53.7 Å². The molecule has 0 aliphatic rings. The van der Waals surface area contributed by atoms with Gasteiger partial charge in [0.05, 0.1) is 12.7 Å². The lowest BCUT2D eigenvalue weighted by atomic mass is 10.1. The Morgan fingerprint density at radius 2 is 1.50 bits per heavy atom. The van der Waals surface area contributed by atoms with Crippen LogP contribution >= 0.6 is 0 Å². The minimum atomic E-state index is 0.367. The molecule has 0 radical (unpaired) electrons. The molecule has 0 aliphatic heterocycles. The molecule has 2 unspecified atom stereocenters. The Morgan fingerprint density at radius 1 is 0.929 bits per heavy atom. The fourth-order valence-electron chi connectivity index (χ4n) is 0.960. The first kappa shape index (κ1) is 13.9. The molecular formula is C12H27NO. The van der Waals surface area contributed by atoms with E-state index >= 15 is 0 Å². The van der Waals surface area contributed by atoms with Crippen LogP contribution in [0.25, 0.3) is 0 Å². The van der Waals surface area contributed by atoms with Crippen molar-refractivity contribution in [3.8, 4) is 0 Å². The van der Waals surface area contributed by atoms with E-state index in [4.69, 9.17) is 4.74 Å². The van der Waals surface area contributed by atoms with Crippen LogP contribution in [0.5, 0.6) is 0 Å². The predicted octanol–water partition coefficient (Wildman–Crippen LogP) is 2.68. The molecule has 86 valence electrons. The lowest BCUT2D eigenvalue weighted by Crippen LogP contribution is -2.34. The van der Waals surface area contributed by atoms with Crippen molar-refractivity contribution in [3.63, 3.8) is 0 Å². The van der Waals surface area contributed by atoms with Crippen LogP contribution in [0.1, 0.15) is 41.5 Å². The third kappa shape index (κ3) is 6.39. The lowest BCUT2D eigenvalue weighted by molar-refractivity contribution is 0.0360. The molecule has 2 nitrogen and oxygen atoms in total. The molecule has 14 heavy (non-hydrogen) atoms. The second-order valence-corrected chi connectivity index (χ2v) is 4.81. The fraction of sp³-hybridized carbons (Fsp3) is 1.00. The van der Waals surface area contributed by atoms with Gasteiger partial charge in [-0.1, -0.05) is 27.7 Å². The molecule has 0 fully saturated rings. The summed E-state index contributed by atoms with van der Waals surface area (Å²) >= 11 is 0. The van der Waals surface area contributed by atoms with Gasteiger partial charge in [0.15, 0.2) is 0 Å². The van der Waals surface area contributed by atoms with Gasteiger partial charge < -0.3 is 10.1 Å². The van der Waals surface area contributed by atoms with E-state index in [9.17, 15) is 0 Å². The van der Waals surface area contributed by atoms with Crippen LogP contribution in [0.15, 0.2) is 0 Å². The molecule has 0 amide bonds. The number of nitrogens with one attached hydrogen (secondary N) is 1. The Labute approximate surface area is 89.4 Å². The molecule has 0 bridgehead atoms. The maximum absolute atomic E-state index is 5.67. The van der Waals surface area contributed by atoms with E-state index in [-0.39, 0.29) is 0 Å². The minimum absolute atomic E-state index is 0.367. The number of hydrogen-bond acceptors (Lipinski definition) is 2. The topological polar surface area (TPSA) is 21.3 Å². The Kier molecular flexibility index (Phi) is 7.20. The van der Waals surface area contributed by atoms with Crippen LogP contribution in [-0.2, 0) is 4.74 Å². The molecule has 0 aromatic rings. The highest BCUT2D eigenvalue weighted by molar-refractivity contribution is 4.64. The monoisotopic (exact) mass is 201 g/mol. The maximum atomic E-state index is 5.67. The molecule has 0 spiro atoms. The van der Waals surface area contributed by atoms with Crippen LogP contribution in [0, 0.1) is 11.8 Å². The molecule has 2 atom stereocenters. The van der Waals surface area contributed by atoms with E-state index in [0.717, 1.165) is 13.2 Å². The van der Waals surface area contributed by atoms with E-state index < -0.39 is 0 Å². The number of ether oxygens (including phenoxy) is 1. The van der Waals surface area contributed by atoms with Crippen molar-refractivity contribution in [3.05, 3.63) is 0 Å². The predicted molar refractivity (Wildman–Crippen MR) is 62.6 cm³/mol. The average molecular weight is 201 g/mol. The van der Waals surface area contributed by atoms with Gasteiger partial charge in [0.1, 0.15) is 0 Å². The van der Waals surface area contributed by atoms with Crippen molar-refractivity contribution in [1.82, 2.24) is 5.32 Å². The van der Waals surface area contributed by atoms with Gasteiger partial charge in [-0.25, -0.2) is 0 Å². The summed E-state index contributed by atoms with van der Waals surface area (Å²) in [5, 5.41) is 3.45. The van der Waals surface area contributed by atoms with Gasteiger partial charge in [0.2, 0.25) is 0 Å². The zero-order chi connectivity index (χ0) is 11.1. The van der Waals surface area contributed by atoms with Gasteiger partial charge >= 0.3 is 0 Å². The van der Waals surface area contributed by atoms with Crippen molar-refractivity contribution in [2.24, 2.45) is 11.8 Å². The van der Waals surface area contributed by atoms with Crippen LogP contribution in [0.2, 0.25) is 0 Å². The van der Waals surface area contributed by atoms with E-state index in [1.807, 2.05) is 0 Å². The highest BCUT2D eigenvalue weighted by atomic mass is 16.5. The Morgan fingerprint density at radius 3 is 1.93 bits per heavy atom. The van der Waals surface area contributed by atoms with E-state index in [0.29, 0.717) is 24.0 Å². The van der Waals surface area contributed by atoms with Gasteiger partial charge in [0, 0.05) is 12.6 Å². The molecule has 0 heterocycles. The Hall–Kier alpha value is -0.0800. The largest absolute Gasteiger partial charge is 0.377 e. The van der Waals surface area contributed by atoms with Crippen LogP contribution < -0.4 is 5.32 Å². The first-order valence-electron chi connectivity index (χ1n) is 5.80. The molecule has 2 heteroatoms. The van der Waals surface area contributed by atoms with E-state index in [1.54, 1.807) is 0 Å². The van der Waals surface area contributed by atoms with Crippen molar-refractivity contribution < 1.29 is 4.74 Å². The number of hydrogen-bond donors (Lipinski definition) is 1. The summed E-state index contributed by atoms with van der Waals surface area (Å²) in [5.74, 6) is 1.30. The third-order valence-electron chi connectivity index (χ3n) is 2.89. The summed E-state index contributed by atoms with van der Waals surface area (Å²) in [6.45, 7) is 15.0. The van der Waals surface area contributed by atoms with Crippen LogP contribution in [0.3, 0.4) is 0 Å². The summed E-state index contributed by atoms with van der Waals surface area (Å²) in [7, 11) is 0. The molecular weight excluding hydrogens is 174 g/mol. The quantitative estimate of drug-likeness (QED) is 0.639. The summed E-state index contributed by atoms with van der Waals surface area (Å²) < 4.78 is 5.67. The summed E-state index contributed by atoms with van der Waals surface area (Å²) in [4.78, 5) is 0. The third-order valence-corrected chi connectivity index (χ3v) is 2.89. The molecule has 0 rings (SSSR count). The Balaban J connectivity index is 3.38. The normalized spacial score (nSPS) is 16.3. The van der Waals surface area contributed by atoms with Gasteiger partial charge in [-0.3, -0.25) is 0 Å². The highest BCUT2D eigenvalue weighted by Crippen LogP contribution is 2.04. The average Bonchev–Trinajstić information content (AvgIpc) is 2.11. The molecule has 0 aromatic heterocycles. The van der Waals surface area contributed by atoms with E-state index in [1.165, 1.54) is 0 Å². The summed E-state index contributed by atoms with van der Waals surface area (Å²) in [6.07, 6.45) is 0.367. The van der Waals surface area contributed by atoms with Crippen molar-refractivity contribution >= 4 is 0 Å². The first-order valence-corrected chi connectivity index (χ1v) is 5.80. The molecule has 0 saturated carbocycles. The zero-order valence-corrected chi connectivity index (χ0v) is 10.6. The van der Waals surface area contributed by atoms with Crippen molar-refractivity contribution in [2.75, 3.05) is 13.2 Å². The van der Waals surface area contributed by atoms with Gasteiger partial charge in [-0.2, -0.15) is 0 Å². The SMILES string of the molecule is CC(C)C(C)NCCOC(C)C(C)C. The minimum Gasteiger partial charge on any atom is -0.377 e. The summed E-state index contributed by atoms with van der Waals surface area (Å²) in [5.41, 5.74) is 0. The fourth-order valence-corrected chi connectivity index (χ4v) is 0.960. The van der Waals surface area contributed by atoms with E-state index in [2.05, 4.69) is 46.9 Å². The maximum Gasteiger partial charge on any atom is 0.0594 e. The first-order chi connectivity index (χ1) is 6.45.